The highest BCUT2D eigenvalue weighted by Gasteiger charge is 2.22. The molecule has 1 atom stereocenters. The number of nitrogens with zero attached hydrogens (tertiary/aromatic N) is 2. The third-order valence-electron chi connectivity index (χ3n) is 3.62. The highest BCUT2D eigenvalue weighted by Crippen LogP contribution is 2.39. The molecule has 1 aliphatic rings. The maximum atomic E-state index is 5.63. The van der Waals surface area contributed by atoms with Gasteiger partial charge in [-0.2, -0.15) is 0 Å². The zero-order valence-corrected chi connectivity index (χ0v) is 12.0. The van der Waals surface area contributed by atoms with Gasteiger partial charge in [0.25, 0.3) is 0 Å². The summed E-state index contributed by atoms with van der Waals surface area (Å²) in [6.07, 6.45) is 4.30. The molecule has 1 aliphatic carbocycles. The highest BCUT2D eigenvalue weighted by molar-refractivity contribution is 7.19. The molecular formula is C13H18N4OS. The lowest BCUT2D eigenvalue weighted by molar-refractivity contribution is 0.117. The van der Waals surface area contributed by atoms with Crippen LogP contribution in [0.25, 0.3) is 10.2 Å². The van der Waals surface area contributed by atoms with Crippen LogP contribution in [0.2, 0.25) is 0 Å². The summed E-state index contributed by atoms with van der Waals surface area (Å²) in [6.45, 7) is 2.01. The van der Waals surface area contributed by atoms with Crippen LogP contribution in [0.5, 0.6) is 0 Å². The SMILES string of the molecule is COC(C)Cc1nc(NN)c2c3c(sc2n1)CCC3. The predicted octanol–water partition coefficient (Wildman–Crippen LogP) is 2.04. The van der Waals surface area contributed by atoms with Gasteiger partial charge < -0.3 is 10.2 Å². The van der Waals surface area contributed by atoms with E-state index in [4.69, 9.17) is 10.6 Å². The van der Waals surface area contributed by atoms with E-state index in [-0.39, 0.29) is 6.10 Å². The standard InChI is InChI=1S/C13H18N4OS/c1-7(18-2)6-10-15-12(17-14)11-8-4-3-5-9(8)19-13(11)16-10/h7H,3-6,14H2,1-2H3,(H,15,16,17). The van der Waals surface area contributed by atoms with Gasteiger partial charge in [-0.25, -0.2) is 15.8 Å². The summed E-state index contributed by atoms with van der Waals surface area (Å²) >= 11 is 1.78. The van der Waals surface area contributed by atoms with Crippen LogP contribution in [-0.2, 0) is 24.0 Å². The van der Waals surface area contributed by atoms with Crippen LogP contribution >= 0.6 is 11.3 Å². The largest absolute Gasteiger partial charge is 0.381 e. The van der Waals surface area contributed by atoms with Gasteiger partial charge in [0, 0.05) is 18.4 Å². The summed E-state index contributed by atoms with van der Waals surface area (Å²) in [5.74, 6) is 7.17. The van der Waals surface area contributed by atoms with Crippen LogP contribution in [0.3, 0.4) is 0 Å². The monoisotopic (exact) mass is 278 g/mol. The molecule has 3 N–H and O–H groups in total. The van der Waals surface area contributed by atoms with Crippen LogP contribution in [0.1, 0.15) is 29.6 Å². The van der Waals surface area contributed by atoms with Crippen molar-refractivity contribution in [2.75, 3.05) is 12.5 Å². The molecule has 0 saturated heterocycles. The first-order valence-electron chi connectivity index (χ1n) is 6.53. The van der Waals surface area contributed by atoms with E-state index in [2.05, 4.69) is 15.4 Å². The van der Waals surface area contributed by atoms with E-state index in [0.717, 1.165) is 34.7 Å². The molecule has 0 bridgehead atoms. The maximum Gasteiger partial charge on any atom is 0.152 e. The summed E-state index contributed by atoms with van der Waals surface area (Å²) in [6, 6.07) is 0. The van der Waals surface area contributed by atoms with Crippen molar-refractivity contribution in [3.05, 3.63) is 16.3 Å². The molecule has 0 radical (unpaired) electrons. The minimum Gasteiger partial charge on any atom is -0.381 e. The van der Waals surface area contributed by atoms with Crippen LogP contribution < -0.4 is 11.3 Å². The number of hydrogen-bond acceptors (Lipinski definition) is 6. The van der Waals surface area contributed by atoms with Crippen molar-refractivity contribution < 1.29 is 4.74 Å². The number of nitrogens with one attached hydrogen (secondary N) is 1. The van der Waals surface area contributed by atoms with Gasteiger partial charge in [-0.1, -0.05) is 0 Å². The molecule has 0 fully saturated rings. The number of hydrogen-bond donors (Lipinski definition) is 2. The fourth-order valence-corrected chi connectivity index (χ4v) is 3.86. The van der Waals surface area contributed by atoms with Gasteiger partial charge in [-0.05, 0) is 31.7 Å². The predicted molar refractivity (Wildman–Crippen MR) is 77.4 cm³/mol. The second-order valence-corrected chi connectivity index (χ2v) is 6.00. The number of hydrazine groups is 1. The van der Waals surface area contributed by atoms with Crippen molar-refractivity contribution in [3.8, 4) is 0 Å². The Morgan fingerprint density at radius 1 is 1.42 bits per heavy atom. The summed E-state index contributed by atoms with van der Waals surface area (Å²) in [7, 11) is 1.70. The zero-order chi connectivity index (χ0) is 13.4. The van der Waals surface area contributed by atoms with E-state index < -0.39 is 0 Å². The number of fused-ring (bicyclic) bond motifs is 3. The number of nitrogen functional groups attached to an aromatic ring is 1. The van der Waals surface area contributed by atoms with Crippen molar-refractivity contribution in [1.29, 1.82) is 0 Å². The Kier molecular flexibility index (Phi) is 3.38. The molecule has 0 spiro atoms. The van der Waals surface area contributed by atoms with Crippen molar-refractivity contribution in [3.63, 3.8) is 0 Å². The fourth-order valence-electron chi connectivity index (χ4n) is 2.58. The van der Waals surface area contributed by atoms with Crippen molar-refractivity contribution in [2.45, 2.75) is 38.7 Å². The van der Waals surface area contributed by atoms with Gasteiger partial charge in [0.15, 0.2) is 5.82 Å². The molecular weight excluding hydrogens is 260 g/mol. The molecule has 102 valence electrons. The summed E-state index contributed by atoms with van der Waals surface area (Å²) in [4.78, 5) is 11.7. The Bertz CT molecular complexity index is 610. The minimum absolute atomic E-state index is 0.106. The third kappa shape index (κ3) is 2.20. The number of rotatable bonds is 4. The topological polar surface area (TPSA) is 73.1 Å². The van der Waals surface area contributed by atoms with Crippen LogP contribution in [0, 0.1) is 0 Å². The zero-order valence-electron chi connectivity index (χ0n) is 11.2. The molecule has 1 unspecified atom stereocenters. The summed E-state index contributed by atoms with van der Waals surface area (Å²) < 4.78 is 5.27. The molecule has 2 aromatic heterocycles. The fraction of sp³-hybridized carbons (Fsp3) is 0.538. The Morgan fingerprint density at radius 2 is 2.26 bits per heavy atom. The number of aromatic nitrogens is 2. The van der Waals surface area contributed by atoms with Gasteiger partial charge in [-0.15, -0.1) is 11.3 Å². The smallest absolute Gasteiger partial charge is 0.152 e. The van der Waals surface area contributed by atoms with Gasteiger partial charge in [0.1, 0.15) is 10.7 Å². The lowest BCUT2D eigenvalue weighted by atomic mass is 10.2. The van der Waals surface area contributed by atoms with Gasteiger partial charge >= 0.3 is 0 Å². The molecule has 19 heavy (non-hydrogen) atoms. The molecule has 5 nitrogen and oxygen atoms in total. The van der Waals surface area contributed by atoms with E-state index in [9.17, 15) is 0 Å². The number of methoxy groups -OCH3 is 1. The number of aryl methyl sites for hydroxylation is 2. The van der Waals surface area contributed by atoms with E-state index in [1.54, 1.807) is 18.4 Å². The third-order valence-corrected chi connectivity index (χ3v) is 4.81. The Labute approximate surface area is 116 Å². The maximum absolute atomic E-state index is 5.63. The molecule has 6 heteroatoms. The van der Waals surface area contributed by atoms with Crippen LogP contribution in [0.4, 0.5) is 5.82 Å². The minimum atomic E-state index is 0.106. The first-order chi connectivity index (χ1) is 9.22. The lowest BCUT2D eigenvalue weighted by Gasteiger charge is -2.10. The Balaban J connectivity index is 2.09. The quantitative estimate of drug-likeness (QED) is 0.661. The normalized spacial score (nSPS) is 15.7. The molecule has 0 aromatic carbocycles. The van der Waals surface area contributed by atoms with E-state index in [1.807, 2.05) is 6.92 Å². The molecule has 3 rings (SSSR count). The van der Waals surface area contributed by atoms with E-state index in [1.165, 1.54) is 16.9 Å². The van der Waals surface area contributed by atoms with E-state index >= 15 is 0 Å². The van der Waals surface area contributed by atoms with Crippen molar-refractivity contribution >= 4 is 27.4 Å². The molecule has 2 heterocycles. The average molecular weight is 278 g/mol. The number of anilines is 1. The molecule has 2 aromatic rings. The van der Waals surface area contributed by atoms with Gasteiger partial charge in [0.2, 0.25) is 0 Å². The summed E-state index contributed by atoms with van der Waals surface area (Å²) in [5.41, 5.74) is 4.12. The molecule has 0 amide bonds. The van der Waals surface area contributed by atoms with Gasteiger partial charge in [0.05, 0.1) is 11.5 Å². The van der Waals surface area contributed by atoms with Crippen LogP contribution in [-0.4, -0.2) is 23.2 Å². The number of ether oxygens (including phenoxy) is 1. The second kappa shape index (κ2) is 5.03. The summed E-state index contributed by atoms with van der Waals surface area (Å²) in [5, 5.41) is 1.12. The number of nitrogens with two attached hydrogens (primary N) is 1. The van der Waals surface area contributed by atoms with Crippen molar-refractivity contribution in [2.24, 2.45) is 5.84 Å². The first-order valence-corrected chi connectivity index (χ1v) is 7.35. The van der Waals surface area contributed by atoms with E-state index in [0.29, 0.717) is 6.42 Å². The lowest BCUT2D eigenvalue weighted by Crippen LogP contribution is -2.15. The molecule has 0 aliphatic heterocycles. The van der Waals surface area contributed by atoms with Gasteiger partial charge in [-0.3, -0.25) is 0 Å². The average Bonchev–Trinajstić information content (AvgIpc) is 2.97. The van der Waals surface area contributed by atoms with Crippen LogP contribution in [0.15, 0.2) is 0 Å². The Hall–Kier alpha value is -1.24. The second-order valence-electron chi connectivity index (χ2n) is 4.92. The Morgan fingerprint density at radius 3 is 3.00 bits per heavy atom. The first kappa shape index (κ1) is 12.8. The highest BCUT2D eigenvalue weighted by atomic mass is 32.1. The number of thiophene rings is 1. The molecule has 0 saturated carbocycles. The van der Waals surface area contributed by atoms with Crippen molar-refractivity contribution in [1.82, 2.24) is 9.97 Å².